The largest absolute Gasteiger partial charge is 0.460 e. The Hall–Kier alpha value is -0.280. The van der Waals surface area contributed by atoms with Crippen LogP contribution in [-0.4, -0.2) is 18.1 Å². The summed E-state index contributed by atoms with van der Waals surface area (Å²) < 4.78 is 5.07. The van der Waals surface area contributed by atoms with Gasteiger partial charge in [-0.15, -0.1) is 12.4 Å². The lowest BCUT2D eigenvalue weighted by Crippen LogP contribution is -2.30. The Morgan fingerprint density at radius 2 is 1.92 bits per heavy atom. The highest BCUT2D eigenvalue weighted by atomic mass is 35.5. The summed E-state index contributed by atoms with van der Waals surface area (Å²) in [6.45, 7) is 7.62. The molecule has 0 aromatic rings. The predicted molar refractivity (Wildman–Crippen MR) is 51.3 cm³/mol. The molecule has 0 aliphatic carbocycles. The summed E-state index contributed by atoms with van der Waals surface area (Å²) in [7, 11) is 0. The zero-order chi connectivity index (χ0) is 9.07. The summed E-state index contributed by atoms with van der Waals surface area (Å²) in [5.41, 5.74) is 4.89. The van der Waals surface area contributed by atoms with Gasteiger partial charge in [0.25, 0.3) is 0 Å². The average Bonchev–Trinajstić information content (AvgIpc) is 1.82. The minimum Gasteiger partial charge on any atom is -0.460 e. The van der Waals surface area contributed by atoms with Gasteiger partial charge in [-0.1, -0.05) is 6.92 Å². The molecule has 0 aliphatic heterocycles. The van der Waals surface area contributed by atoms with Gasteiger partial charge < -0.3 is 10.5 Å². The summed E-state index contributed by atoms with van der Waals surface area (Å²) in [5.74, 6) is -0.422. The summed E-state index contributed by atoms with van der Waals surface area (Å²) in [4.78, 5) is 11.1. The van der Waals surface area contributed by atoms with Crippen LogP contribution in [0.1, 0.15) is 27.7 Å². The van der Waals surface area contributed by atoms with E-state index in [2.05, 4.69) is 0 Å². The highest BCUT2D eigenvalue weighted by Crippen LogP contribution is 2.09. The van der Waals surface area contributed by atoms with Gasteiger partial charge in [0.2, 0.25) is 0 Å². The second-order valence-corrected chi connectivity index (χ2v) is 3.67. The molecule has 0 amide bonds. The zero-order valence-corrected chi connectivity index (χ0v) is 8.90. The first kappa shape index (κ1) is 14.3. The lowest BCUT2D eigenvalue weighted by molar-refractivity contribution is -0.158. The van der Waals surface area contributed by atoms with Crippen molar-refractivity contribution in [2.75, 3.05) is 6.54 Å². The molecule has 74 valence electrons. The highest BCUT2D eigenvalue weighted by Gasteiger charge is 2.20. The average molecular weight is 196 g/mol. The third-order valence-corrected chi connectivity index (χ3v) is 1.16. The third kappa shape index (κ3) is 6.43. The Morgan fingerprint density at radius 1 is 1.50 bits per heavy atom. The van der Waals surface area contributed by atoms with Crippen molar-refractivity contribution in [2.45, 2.75) is 33.3 Å². The maximum Gasteiger partial charge on any atom is 0.310 e. The zero-order valence-electron chi connectivity index (χ0n) is 8.09. The molecule has 0 heterocycles. The normalized spacial score (nSPS) is 13.1. The van der Waals surface area contributed by atoms with Crippen molar-refractivity contribution in [3.05, 3.63) is 0 Å². The van der Waals surface area contributed by atoms with E-state index in [-0.39, 0.29) is 24.3 Å². The summed E-state index contributed by atoms with van der Waals surface area (Å²) in [5, 5.41) is 0. The number of ether oxygens (including phenoxy) is 1. The molecule has 0 aliphatic rings. The van der Waals surface area contributed by atoms with Gasteiger partial charge in [0.05, 0.1) is 5.92 Å². The minimum absolute atomic E-state index is 0. The maximum absolute atomic E-state index is 11.1. The molecule has 0 rings (SSSR count). The molecule has 0 fully saturated rings. The summed E-state index contributed by atoms with van der Waals surface area (Å²) >= 11 is 0. The van der Waals surface area contributed by atoms with Gasteiger partial charge in [-0.25, -0.2) is 0 Å². The number of rotatable bonds is 2. The van der Waals surface area contributed by atoms with Gasteiger partial charge in [-0.3, -0.25) is 4.79 Å². The van der Waals surface area contributed by atoms with Crippen LogP contribution >= 0.6 is 12.4 Å². The van der Waals surface area contributed by atoms with Crippen LogP contribution in [0.3, 0.4) is 0 Å². The number of nitrogens with two attached hydrogens (primary N) is 1. The van der Waals surface area contributed by atoms with Crippen molar-refractivity contribution in [1.82, 2.24) is 0 Å². The Balaban J connectivity index is 0. The number of hydrogen-bond acceptors (Lipinski definition) is 3. The lowest BCUT2D eigenvalue weighted by atomic mass is 10.1. The standard InChI is InChI=1S/C8H17NO2.ClH/c1-6(5-9)7(10)11-8(2,3)4;/h6H,5,9H2,1-4H3;1H/t6-;/m1./s1. The van der Waals surface area contributed by atoms with Crippen LogP contribution in [0.2, 0.25) is 0 Å². The Labute approximate surface area is 80.1 Å². The van der Waals surface area contributed by atoms with Gasteiger partial charge in [-0.2, -0.15) is 0 Å². The van der Waals surface area contributed by atoms with Gasteiger partial charge in [0.15, 0.2) is 0 Å². The topological polar surface area (TPSA) is 52.3 Å². The molecular weight excluding hydrogens is 178 g/mol. The first-order valence-electron chi connectivity index (χ1n) is 3.79. The van der Waals surface area contributed by atoms with E-state index in [1.807, 2.05) is 20.8 Å². The quantitative estimate of drug-likeness (QED) is 0.677. The Morgan fingerprint density at radius 3 is 2.17 bits per heavy atom. The molecule has 0 bridgehead atoms. The fraction of sp³-hybridized carbons (Fsp3) is 0.875. The minimum atomic E-state index is -0.402. The Kier molecular flexibility index (Phi) is 6.39. The van der Waals surface area contributed by atoms with Gasteiger partial charge in [0, 0.05) is 6.54 Å². The number of carbonyl (C=O) groups is 1. The molecule has 12 heavy (non-hydrogen) atoms. The van der Waals surface area contributed by atoms with E-state index in [0.717, 1.165) is 0 Å². The van der Waals surface area contributed by atoms with Crippen molar-refractivity contribution < 1.29 is 9.53 Å². The van der Waals surface area contributed by atoms with E-state index in [1.165, 1.54) is 0 Å². The number of hydrogen-bond donors (Lipinski definition) is 1. The fourth-order valence-corrected chi connectivity index (χ4v) is 0.499. The van der Waals surface area contributed by atoms with Crippen molar-refractivity contribution in [3.63, 3.8) is 0 Å². The molecule has 0 radical (unpaired) electrons. The van der Waals surface area contributed by atoms with Gasteiger partial charge in [-0.05, 0) is 20.8 Å². The SMILES string of the molecule is C[C@H](CN)C(=O)OC(C)(C)C.Cl. The molecular formula is C8H18ClNO2. The molecule has 4 heteroatoms. The number of halogens is 1. The van der Waals surface area contributed by atoms with Crippen LogP contribution in [0.4, 0.5) is 0 Å². The maximum atomic E-state index is 11.1. The van der Waals surface area contributed by atoms with Crippen LogP contribution in [0.15, 0.2) is 0 Å². The van der Waals surface area contributed by atoms with Crippen LogP contribution in [0.5, 0.6) is 0 Å². The fourth-order valence-electron chi connectivity index (χ4n) is 0.499. The van der Waals surface area contributed by atoms with Crippen molar-refractivity contribution >= 4 is 18.4 Å². The van der Waals surface area contributed by atoms with Crippen molar-refractivity contribution in [2.24, 2.45) is 11.7 Å². The van der Waals surface area contributed by atoms with Crippen molar-refractivity contribution in [3.8, 4) is 0 Å². The molecule has 1 atom stereocenters. The summed E-state index contributed by atoms with van der Waals surface area (Å²) in [6, 6.07) is 0. The highest BCUT2D eigenvalue weighted by molar-refractivity contribution is 5.85. The van der Waals surface area contributed by atoms with E-state index >= 15 is 0 Å². The smallest absolute Gasteiger partial charge is 0.310 e. The van der Waals surface area contributed by atoms with Crippen LogP contribution in [0.25, 0.3) is 0 Å². The van der Waals surface area contributed by atoms with E-state index in [9.17, 15) is 4.79 Å². The molecule has 0 saturated carbocycles. The first-order chi connectivity index (χ1) is 4.87. The second-order valence-electron chi connectivity index (χ2n) is 3.67. The van der Waals surface area contributed by atoms with Gasteiger partial charge in [0.1, 0.15) is 5.60 Å². The van der Waals surface area contributed by atoms with Crippen LogP contribution in [0, 0.1) is 5.92 Å². The molecule has 2 N–H and O–H groups in total. The Bertz CT molecular complexity index is 142. The molecule has 0 spiro atoms. The molecule has 0 aromatic carbocycles. The van der Waals surface area contributed by atoms with Gasteiger partial charge >= 0.3 is 5.97 Å². The van der Waals surface area contributed by atoms with E-state index in [1.54, 1.807) is 6.92 Å². The van der Waals surface area contributed by atoms with E-state index in [4.69, 9.17) is 10.5 Å². The second kappa shape index (κ2) is 5.38. The number of carbonyl (C=O) groups excluding carboxylic acids is 1. The lowest BCUT2D eigenvalue weighted by Gasteiger charge is -2.21. The van der Waals surface area contributed by atoms with Crippen LogP contribution < -0.4 is 5.73 Å². The predicted octanol–water partition coefficient (Wildman–Crippen LogP) is 1.34. The molecule has 0 unspecified atom stereocenters. The van der Waals surface area contributed by atoms with E-state index < -0.39 is 5.60 Å². The first-order valence-corrected chi connectivity index (χ1v) is 3.79. The summed E-state index contributed by atoms with van der Waals surface area (Å²) in [6.07, 6.45) is 0. The van der Waals surface area contributed by atoms with Crippen LogP contribution in [-0.2, 0) is 9.53 Å². The van der Waals surface area contributed by atoms with Crippen molar-refractivity contribution in [1.29, 1.82) is 0 Å². The third-order valence-electron chi connectivity index (χ3n) is 1.16. The number of esters is 1. The molecule has 0 aromatic heterocycles. The van der Waals surface area contributed by atoms with E-state index in [0.29, 0.717) is 6.54 Å². The molecule has 3 nitrogen and oxygen atoms in total. The monoisotopic (exact) mass is 195 g/mol. The molecule has 0 saturated heterocycles.